The zero-order valence-electron chi connectivity index (χ0n) is 9.45. The monoisotopic (exact) mass is 189 g/mol. The molecule has 0 aromatic heterocycles. The van der Waals surface area contributed by atoms with Crippen molar-refractivity contribution < 1.29 is 9.84 Å². The highest BCUT2D eigenvalue weighted by Gasteiger charge is 2.15. The summed E-state index contributed by atoms with van der Waals surface area (Å²) in [6.07, 6.45) is -0.246. The van der Waals surface area contributed by atoms with E-state index in [1.54, 1.807) is 7.11 Å². The molecule has 13 heavy (non-hydrogen) atoms. The van der Waals surface area contributed by atoms with Crippen molar-refractivity contribution in [1.82, 2.24) is 4.90 Å². The van der Waals surface area contributed by atoms with Crippen molar-refractivity contribution >= 4 is 0 Å². The van der Waals surface area contributed by atoms with Gasteiger partial charge in [-0.1, -0.05) is 13.8 Å². The first-order chi connectivity index (χ1) is 5.99. The van der Waals surface area contributed by atoms with Crippen LogP contribution >= 0.6 is 0 Å². The van der Waals surface area contributed by atoms with Crippen LogP contribution < -0.4 is 0 Å². The smallest absolute Gasteiger partial charge is 0.0689 e. The van der Waals surface area contributed by atoms with Gasteiger partial charge in [-0.05, 0) is 19.9 Å². The quantitative estimate of drug-likeness (QED) is 0.676. The number of rotatable bonds is 6. The van der Waals surface area contributed by atoms with Gasteiger partial charge >= 0.3 is 0 Å². The predicted molar refractivity (Wildman–Crippen MR) is 54.8 cm³/mol. The molecule has 0 fully saturated rings. The molecule has 0 saturated heterocycles. The van der Waals surface area contributed by atoms with Crippen LogP contribution in [0, 0.1) is 5.92 Å². The maximum absolute atomic E-state index is 9.63. The van der Waals surface area contributed by atoms with E-state index in [4.69, 9.17) is 4.74 Å². The molecule has 0 amide bonds. The molecule has 2 unspecified atom stereocenters. The Morgan fingerprint density at radius 2 is 1.85 bits per heavy atom. The van der Waals surface area contributed by atoms with E-state index in [-0.39, 0.29) is 6.10 Å². The van der Waals surface area contributed by atoms with Crippen molar-refractivity contribution in [1.29, 1.82) is 0 Å². The van der Waals surface area contributed by atoms with Crippen LogP contribution in [0.2, 0.25) is 0 Å². The average molecular weight is 189 g/mol. The van der Waals surface area contributed by atoms with E-state index in [1.807, 2.05) is 20.9 Å². The van der Waals surface area contributed by atoms with Gasteiger partial charge in [-0.25, -0.2) is 0 Å². The molecule has 0 spiro atoms. The van der Waals surface area contributed by atoms with Crippen molar-refractivity contribution in [3.8, 4) is 0 Å². The van der Waals surface area contributed by atoms with Gasteiger partial charge < -0.3 is 9.84 Å². The Morgan fingerprint density at radius 1 is 1.31 bits per heavy atom. The lowest BCUT2D eigenvalue weighted by Crippen LogP contribution is -2.39. The largest absolute Gasteiger partial charge is 0.392 e. The fourth-order valence-corrected chi connectivity index (χ4v) is 1.05. The van der Waals surface area contributed by atoms with E-state index in [2.05, 4.69) is 11.8 Å². The van der Waals surface area contributed by atoms with Crippen LogP contribution in [0.25, 0.3) is 0 Å². The van der Waals surface area contributed by atoms with Crippen molar-refractivity contribution in [3.63, 3.8) is 0 Å². The summed E-state index contributed by atoms with van der Waals surface area (Å²) in [5, 5.41) is 9.63. The van der Waals surface area contributed by atoms with Crippen LogP contribution in [-0.2, 0) is 4.74 Å². The third-order valence-electron chi connectivity index (χ3n) is 2.40. The molecule has 2 atom stereocenters. The molecular formula is C10H23NO2. The number of hydrogen-bond donors (Lipinski definition) is 1. The van der Waals surface area contributed by atoms with Gasteiger partial charge in [-0.3, -0.25) is 4.90 Å². The van der Waals surface area contributed by atoms with Gasteiger partial charge in [0.2, 0.25) is 0 Å². The summed E-state index contributed by atoms with van der Waals surface area (Å²) in [5.41, 5.74) is 0. The molecule has 0 aromatic rings. The first kappa shape index (κ1) is 12.9. The van der Waals surface area contributed by atoms with Gasteiger partial charge in [0.05, 0.1) is 12.7 Å². The summed E-state index contributed by atoms with van der Waals surface area (Å²) >= 11 is 0. The summed E-state index contributed by atoms with van der Waals surface area (Å²) in [6.45, 7) is 7.57. The number of nitrogens with zero attached hydrogens (tertiary/aromatic N) is 1. The average Bonchev–Trinajstić information content (AvgIpc) is 2.04. The summed E-state index contributed by atoms with van der Waals surface area (Å²) in [4.78, 5) is 2.12. The molecule has 0 aliphatic rings. The normalized spacial score (nSPS) is 16.6. The van der Waals surface area contributed by atoms with E-state index < -0.39 is 0 Å². The van der Waals surface area contributed by atoms with Gasteiger partial charge in [0.25, 0.3) is 0 Å². The van der Waals surface area contributed by atoms with Crippen LogP contribution in [0.5, 0.6) is 0 Å². The fraction of sp³-hybridized carbons (Fsp3) is 1.00. The molecule has 0 rings (SSSR count). The molecule has 3 heteroatoms. The highest BCUT2D eigenvalue weighted by molar-refractivity contribution is 4.69. The molecule has 0 saturated carbocycles. The van der Waals surface area contributed by atoms with Gasteiger partial charge in [-0.15, -0.1) is 0 Å². The van der Waals surface area contributed by atoms with Crippen molar-refractivity contribution in [3.05, 3.63) is 0 Å². The Hall–Kier alpha value is -0.120. The standard InChI is InChI=1S/C10H23NO2/c1-8(2)10(12)6-11(4)9(3)7-13-5/h8-10,12H,6-7H2,1-5H3. The summed E-state index contributed by atoms with van der Waals surface area (Å²) in [6, 6.07) is 0.360. The minimum Gasteiger partial charge on any atom is -0.392 e. The number of hydrogen-bond acceptors (Lipinski definition) is 3. The first-order valence-corrected chi connectivity index (χ1v) is 4.86. The SMILES string of the molecule is COCC(C)N(C)CC(O)C(C)C. The minimum atomic E-state index is -0.246. The number of methoxy groups -OCH3 is 1. The van der Waals surface area contributed by atoms with Crippen LogP contribution in [-0.4, -0.2) is 49.5 Å². The van der Waals surface area contributed by atoms with E-state index in [0.29, 0.717) is 25.1 Å². The van der Waals surface area contributed by atoms with E-state index >= 15 is 0 Å². The molecule has 0 heterocycles. The fourth-order valence-electron chi connectivity index (χ4n) is 1.05. The molecule has 0 aliphatic carbocycles. The van der Waals surface area contributed by atoms with E-state index in [9.17, 15) is 5.11 Å². The zero-order chi connectivity index (χ0) is 10.4. The van der Waals surface area contributed by atoms with Gasteiger partial charge in [0.1, 0.15) is 0 Å². The Balaban J connectivity index is 3.77. The van der Waals surface area contributed by atoms with Crippen molar-refractivity contribution in [2.75, 3.05) is 27.3 Å². The topological polar surface area (TPSA) is 32.7 Å². The van der Waals surface area contributed by atoms with Gasteiger partial charge in [0, 0.05) is 19.7 Å². The maximum atomic E-state index is 9.63. The Labute approximate surface area is 81.7 Å². The lowest BCUT2D eigenvalue weighted by Gasteiger charge is -2.27. The van der Waals surface area contributed by atoms with Gasteiger partial charge in [0.15, 0.2) is 0 Å². The number of ether oxygens (including phenoxy) is 1. The molecule has 3 nitrogen and oxygen atoms in total. The lowest BCUT2D eigenvalue weighted by atomic mass is 10.1. The first-order valence-electron chi connectivity index (χ1n) is 4.86. The zero-order valence-corrected chi connectivity index (χ0v) is 9.45. The molecule has 80 valence electrons. The second-order valence-electron chi connectivity index (χ2n) is 4.06. The number of likely N-dealkylation sites (N-methyl/N-ethyl adjacent to an activating group) is 1. The second-order valence-corrected chi connectivity index (χ2v) is 4.06. The molecule has 1 N–H and O–H groups in total. The summed E-state index contributed by atoms with van der Waals surface area (Å²) < 4.78 is 5.04. The molecule has 0 radical (unpaired) electrons. The van der Waals surface area contributed by atoms with E-state index in [1.165, 1.54) is 0 Å². The number of aliphatic hydroxyl groups excluding tert-OH is 1. The third kappa shape index (κ3) is 5.24. The highest BCUT2D eigenvalue weighted by Crippen LogP contribution is 2.05. The predicted octanol–water partition coefficient (Wildman–Crippen LogP) is 0.970. The lowest BCUT2D eigenvalue weighted by molar-refractivity contribution is 0.0502. The van der Waals surface area contributed by atoms with Crippen LogP contribution in [0.3, 0.4) is 0 Å². The molecule has 0 bridgehead atoms. The third-order valence-corrected chi connectivity index (χ3v) is 2.40. The second kappa shape index (κ2) is 6.35. The summed E-state index contributed by atoms with van der Waals surface area (Å²) in [7, 11) is 3.71. The van der Waals surface area contributed by atoms with Crippen LogP contribution in [0.1, 0.15) is 20.8 Å². The Bertz CT molecular complexity index is 128. The minimum absolute atomic E-state index is 0.246. The molecular weight excluding hydrogens is 166 g/mol. The molecule has 0 aliphatic heterocycles. The Kier molecular flexibility index (Phi) is 6.29. The maximum Gasteiger partial charge on any atom is 0.0689 e. The highest BCUT2D eigenvalue weighted by atomic mass is 16.5. The Morgan fingerprint density at radius 3 is 2.23 bits per heavy atom. The van der Waals surface area contributed by atoms with Crippen LogP contribution in [0.15, 0.2) is 0 Å². The van der Waals surface area contributed by atoms with Gasteiger partial charge in [-0.2, -0.15) is 0 Å². The number of aliphatic hydroxyl groups is 1. The van der Waals surface area contributed by atoms with Crippen molar-refractivity contribution in [2.24, 2.45) is 5.92 Å². The molecule has 0 aromatic carbocycles. The van der Waals surface area contributed by atoms with Crippen LogP contribution in [0.4, 0.5) is 0 Å². The summed E-state index contributed by atoms with van der Waals surface area (Å²) in [5.74, 6) is 0.317. The van der Waals surface area contributed by atoms with E-state index in [0.717, 1.165) is 0 Å². The van der Waals surface area contributed by atoms with Crippen molar-refractivity contribution in [2.45, 2.75) is 32.9 Å².